The number of guanidine groups is 1. The van der Waals surface area contributed by atoms with Gasteiger partial charge < -0.3 is 15.4 Å². The molecule has 1 aromatic rings. The molecular weight excluding hydrogens is 228 g/mol. The molecule has 5 nitrogen and oxygen atoms in total. The normalized spacial score (nSPS) is 11.5. The molecule has 0 spiro atoms. The van der Waals surface area contributed by atoms with Gasteiger partial charge in [0.25, 0.3) is 0 Å². The Balaban J connectivity index is 2.62. The van der Waals surface area contributed by atoms with Gasteiger partial charge in [-0.3, -0.25) is 0 Å². The van der Waals surface area contributed by atoms with Crippen molar-refractivity contribution in [3.8, 4) is 5.88 Å². The Labute approximate surface area is 109 Å². The van der Waals surface area contributed by atoms with Gasteiger partial charge in [-0.15, -0.1) is 0 Å². The number of hydrogen-bond donors (Lipinski definition) is 2. The van der Waals surface area contributed by atoms with Crippen LogP contribution in [-0.4, -0.2) is 30.6 Å². The zero-order valence-corrected chi connectivity index (χ0v) is 11.5. The van der Waals surface area contributed by atoms with Crippen LogP contribution in [0.2, 0.25) is 0 Å². The van der Waals surface area contributed by atoms with Crippen LogP contribution < -0.4 is 15.4 Å². The van der Waals surface area contributed by atoms with Crippen LogP contribution in [0.15, 0.2) is 23.3 Å². The number of rotatable bonds is 5. The van der Waals surface area contributed by atoms with E-state index in [1.807, 2.05) is 19.1 Å². The zero-order chi connectivity index (χ0) is 13.4. The molecule has 5 heteroatoms. The molecule has 0 saturated carbocycles. The highest BCUT2D eigenvalue weighted by Crippen LogP contribution is 2.07. The standard InChI is InChI=1S/C13H22N4O/c1-5-14-13(17-10(2)3)16-9-11-6-7-12(18-4)15-8-11/h6-8,10H,5,9H2,1-4H3,(H2,14,16,17). The number of hydrogen-bond acceptors (Lipinski definition) is 3. The smallest absolute Gasteiger partial charge is 0.212 e. The molecule has 18 heavy (non-hydrogen) atoms. The number of nitrogens with one attached hydrogen (secondary N) is 2. The number of aromatic nitrogens is 1. The third kappa shape index (κ3) is 5.03. The van der Waals surface area contributed by atoms with Gasteiger partial charge in [-0.05, 0) is 26.3 Å². The molecule has 0 unspecified atom stereocenters. The molecule has 2 N–H and O–H groups in total. The maximum Gasteiger partial charge on any atom is 0.212 e. The van der Waals surface area contributed by atoms with Gasteiger partial charge in [-0.1, -0.05) is 6.07 Å². The Kier molecular flexibility index (Phi) is 5.97. The molecule has 1 aromatic heterocycles. The molecule has 0 saturated heterocycles. The first kappa shape index (κ1) is 14.3. The summed E-state index contributed by atoms with van der Waals surface area (Å²) >= 11 is 0. The van der Waals surface area contributed by atoms with Crippen molar-refractivity contribution in [2.24, 2.45) is 4.99 Å². The van der Waals surface area contributed by atoms with Crippen LogP contribution in [0.5, 0.6) is 5.88 Å². The third-order valence-electron chi connectivity index (χ3n) is 2.20. The van der Waals surface area contributed by atoms with Crippen molar-refractivity contribution in [2.75, 3.05) is 13.7 Å². The van der Waals surface area contributed by atoms with E-state index in [4.69, 9.17) is 4.74 Å². The lowest BCUT2D eigenvalue weighted by atomic mass is 10.3. The Morgan fingerprint density at radius 2 is 2.22 bits per heavy atom. The van der Waals surface area contributed by atoms with Crippen molar-refractivity contribution >= 4 is 5.96 Å². The summed E-state index contributed by atoms with van der Waals surface area (Å²) in [7, 11) is 1.61. The fourth-order valence-electron chi connectivity index (χ4n) is 1.39. The number of aliphatic imine (C=N–C) groups is 1. The number of ether oxygens (including phenoxy) is 1. The number of methoxy groups -OCH3 is 1. The topological polar surface area (TPSA) is 58.5 Å². The highest BCUT2D eigenvalue weighted by Gasteiger charge is 2.00. The van der Waals surface area contributed by atoms with Crippen LogP contribution >= 0.6 is 0 Å². The molecule has 100 valence electrons. The Morgan fingerprint density at radius 1 is 1.44 bits per heavy atom. The summed E-state index contributed by atoms with van der Waals surface area (Å²) in [6.45, 7) is 7.66. The monoisotopic (exact) mass is 250 g/mol. The van der Waals surface area contributed by atoms with E-state index in [9.17, 15) is 0 Å². The molecule has 0 bridgehead atoms. The van der Waals surface area contributed by atoms with Crippen LogP contribution in [0.1, 0.15) is 26.3 Å². The minimum Gasteiger partial charge on any atom is -0.481 e. The fourth-order valence-corrected chi connectivity index (χ4v) is 1.39. The van der Waals surface area contributed by atoms with Crippen molar-refractivity contribution in [3.05, 3.63) is 23.9 Å². The van der Waals surface area contributed by atoms with Gasteiger partial charge in [0.15, 0.2) is 5.96 Å². The van der Waals surface area contributed by atoms with Crippen molar-refractivity contribution < 1.29 is 4.74 Å². The summed E-state index contributed by atoms with van der Waals surface area (Å²) in [6, 6.07) is 4.17. The van der Waals surface area contributed by atoms with E-state index in [1.54, 1.807) is 13.3 Å². The molecule has 0 aliphatic carbocycles. The Hall–Kier alpha value is -1.78. The predicted molar refractivity (Wildman–Crippen MR) is 73.9 cm³/mol. The van der Waals surface area contributed by atoms with Crippen LogP contribution in [0.3, 0.4) is 0 Å². The SMILES string of the molecule is CCNC(=NCc1ccc(OC)nc1)NC(C)C. The van der Waals surface area contributed by atoms with Crippen molar-refractivity contribution in [1.29, 1.82) is 0 Å². The first-order valence-electron chi connectivity index (χ1n) is 6.19. The highest BCUT2D eigenvalue weighted by molar-refractivity contribution is 5.79. The van der Waals surface area contributed by atoms with Gasteiger partial charge in [0, 0.05) is 24.8 Å². The lowest BCUT2D eigenvalue weighted by Crippen LogP contribution is -2.40. The summed E-state index contributed by atoms with van der Waals surface area (Å²) in [5, 5.41) is 6.47. The highest BCUT2D eigenvalue weighted by atomic mass is 16.5. The van der Waals surface area contributed by atoms with Gasteiger partial charge >= 0.3 is 0 Å². The summed E-state index contributed by atoms with van der Waals surface area (Å²) in [5.74, 6) is 1.44. The van der Waals surface area contributed by atoms with E-state index < -0.39 is 0 Å². The number of pyridine rings is 1. The molecule has 0 atom stereocenters. The zero-order valence-electron chi connectivity index (χ0n) is 11.5. The van der Waals surface area contributed by atoms with E-state index >= 15 is 0 Å². The summed E-state index contributed by atoms with van der Waals surface area (Å²) in [6.07, 6.45) is 1.78. The molecule has 0 radical (unpaired) electrons. The van der Waals surface area contributed by atoms with E-state index in [2.05, 4.69) is 34.5 Å². The second-order valence-corrected chi connectivity index (χ2v) is 4.20. The number of nitrogens with zero attached hydrogens (tertiary/aromatic N) is 2. The second kappa shape index (κ2) is 7.53. The predicted octanol–water partition coefficient (Wildman–Crippen LogP) is 1.55. The van der Waals surface area contributed by atoms with Crippen molar-refractivity contribution in [1.82, 2.24) is 15.6 Å². The molecule has 0 aliphatic heterocycles. The molecule has 0 aromatic carbocycles. The van der Waals surface area contributed by atoms with Gasteiger partial charge in [0.1, 0.15) is 0 Å². The Morgan fingerprint density at radius 3 is 2.72 bits per heavy atom. The minimum atomic E-state index is 0.358. The molecule has 0 amide bonds. The summed E-state index contributed by atoms with van der Waals surface area (Å²) in [4.78, 5) is 8.64. The average Bonchev–Trinajstić information content (AvgIpc) is 2.36. The third-order valence-corrected chi connectivity index (χ3v) is 2.20. The van der Waals surface area contributed by atoms with Gasteiger partial charge in [-0.2, -0.15) is 0 Å². The fraction of sp³-hybridized carbons (Fsp3) is 0.538. The van der Waals surface area contributed by atoms with Gasteiger partial charge in [0.2, 0.25) is 5.88 Å². The maximum absolute atomic E-state index is 5.01. The maximum atomic E-state index is 5.01. The minimum absolute atomic E-state index is 0.358. The molecular formula is C13H22N4O. The van der Waals surface area contributed by atoms with E-state index in [-0.39, 0.29) is 0 Å². The van der Waals surface area contributed by atoms with Crippen LogP contribution in [-0.2, 0) is 6.54 Å². The summed E-state index contributed by atoms with van der Waals surface area (Å²) < 4.78 is 5.01. The molecule has 0 fully saturated rings. The van der Waals surface area contributed by atoms with Crippen LogP contribution in [0.4, 0.5) is 0 Å². The van der Waals surface area contributed by atoms with Gasteiger partial charge in [-0.25, -0.2) is 9.98 Å². The lowest BCUT2D eigenvalue weighted by Gasteiger charge is -2.13. The van der Waals surface area contributed by atoms with E-state index in [0.29, 0.717) is 18.5 Å². The first-order valence-corrected chi connectivity index (χ1v) is 6.19. The van der Waals surface area contributed by atoms with Crippen LogP contribution in [0.25, 0.3) is 0 Å². The van der Waals surface area contributed by atoms with Crippen LogP contribution in [0, 0.1) is 0 Å². The largest absolute Gasteiger partial charge is 0.481 e. The van der Waals surface area contributed by atoms with Crippen molar-refractivity contribution in [3.63, 3.8) is 0 Å². The second-order valence-electron chi connectivity index (χ2n) is 4.20. The van der Waals surface area contributed by atoms with E-state index in [0.717, 1.165) is 18.1 Å². The lowest BCUT2D eigenvalue weighted by molar-refractivity contribution is 0.397. The molecule has 1 heterocycles. The first-order chi connectivity index (χ1) is 8.65. The van der Waals surface area contributed by atoms with E-state index in [1.165, 1.54) is 0 Å². The van der Waals surface area contributed by atoms with Gasteiger partial charge in [0.05, 0.1) is 13.7 Å². The van der Waals surface area contributed by atoms with Crippen molar-refractivity contribution in [2.45, 2.75) is 33.4 Å². The average molecular weight is 250 g/mol. The quantitative estimate of drug-likeness (QED) is 0.615. The molecule has 1 rings (SSSR count). The molecule has 0 aliphatic rings. The Bertz CT molecular complexity index is 373. The summed E-state index contributed by atoms with van der Waals surface area (Å²) in [5.41, 5.74) is 1.05.